The standard InChI is InChI=1S/C36H45NO/c38-36(27-33-13-7-12-32(16-17-33)26-31-10-5-2-6-11-31)35-20-18-34(19-21-35)28-37-24-22-30(23-25-37)15-14-29-8-3-1-4-9-29/h1-6,8-11,18-21,30,32-33H,7,12-17,22-28H2. The Morgan fingerprint density at radius 1 is 0.632 bits per heavy atom. The smallest absolute Gasteiger partial charge is 0.163 e. The quantitative estimate of drug-likeness (QED) is 0.202. The van der Waals surface area contributed by atoms with Crippen molar-refractivity contribution < 1.29 is 4.79 Å². The zero-order chi connectivity index (χ0) is 26.0. The van der Waals surface area contributed by atoms with Gasteiger partial charge in [0, 0.05) is 18.5 Å². The molecule has 38 heavy (non-hydrogen) atoms. The molecule has 3 aromatic carbocycles. The molecule has 0 bridgehead atoms. The Morgan fingerprint density at radius 2 is 1.26 bits per heavy atom. The summed E-state index contributed by atoms with van der Waals surface area (Å²) in [6.45, 7) is 3.38. The summed E-state index contributed by atoms with van der Waals surface area (Å²) in [5.41, 5.74) is 5.16. The van der Waals surface area contributed by atoms with Gasteiger partial charge in [-0.25, -0.2) is 0 Å². The lowest BCUT2D eigenvalue weighted by atomic mass is 9.89. The Balaban J connectivity index is 1.02. The zero-order valence-corrected chi connectivity index (χ0v) is 23.1. The van der Waals surface area contributed by atoms with E-state index in [1.807, 2.05) is 0 Å². The number of likely N-dealkylation sites (tertiary alicyclic amines) is 1. The second-order valence-electron chi connectivity index (χ2n) is 12.0. The van der Waals surface area contributed by atoms with Gasteiger partial charge in [-0.1, -0.05) is 104 Å². The average Bonchev–Trinajstić information content (AvgIpc) is 3.19. The maximum atomic E-state index is 13.1. The number of aryl methyl sites for hydroxylation is 1. The Bertz CT molecular complexity index is 1100. The van der Waals surface area contributed by atoms with E-state index in [2.05, 4.69) is 89.8 Å². The summed E-state index contributed by atoms with van der Waals surface area (Å²) in [6, 6.07) is 30.4. The third kappa shape index (κ3) is 8.14. The molecular formula is C36H45NO. The Hall–Kier alpha value is -2.71. The second kappa shape index (κ2) is 13.9. The number of nitrogens with zero attached hydrogens (tertiary/aromatic N) is 1. The minimum atomic E-state index is 0.335. The number of piperidine rings is 1. The second-order valence-corrected chi connectivity index (χ2v) is 12.0. The Kier molecular flexibility index (Phi) is 9.83. The van der Waals surface area contributed by atoms with Crippen molar-refractivity contribution in [2.45, 2.75) is 77.2 Å². The van der Waals surface area contributed by atoms with Gasteiger partial charge in [-0.05, 0) is 92.5 Å². The number of rotatable bonds is 10. The van der Waals surface area contributed by atoms with Gasteiger partial charge < -0.3 is 0 Å². The van der Waals surface area contributed by atoms with Crippen LogP contribution in [0.5, 0.6) is 0 Å². The van der Waals surface area contributed by atoms with Crippen LogP contribution in [-0.2, 0) is 19.4 Å². The third-order valence-electron chi connectivity index (χ3n) is 9.12. The minimum Gasteiger partial charge on any atom is -0.299 e. The van der Waals surface area contributed by atoms with Crippen LogP contribution in [0.4, 0.5) is 0 Å². The highest BCUT2D eigenvalue weighted by Crippen LogP contribution is 2.32. The first kappa shape index (κ1) is 26.9. The summed E-state index contributed by atoms with van der Waals surface area (Å²) in [6.07, 6.45) is 13.2. The van der Waals surface area contributed by atoms with Crippen molar-refractivity contribution in [2.24, 2.45) is 17.8 Å². The summed E-state index contributed by atoms with van der Waals surface area (Å²) in [4.78, 5) is 15.7. The van der Waals surface area contributed by atoms with Crippen molar-refractivity contribution in [1.29, 1.82) is 0 Å². The van der Waals surface area contributed by atoms with Crippen molar-refractivity contribution in [3.05, 3.63) is 107 Å². The molecule has 0 amide bonds. The summed E-state index contributed by atoms with van der Waals surface area (Å²) in [5.74, 6) is 2.50. The van der Waals surface area contributed by atoms with Crippen molar-refractivity contribution in [1.82, 2.24) is 4.90 Å². The summed E-state index contributed by atoms with van der Waals surface area (Å²) < 4.78 is 0. The molecule has 1 aliphatic carbocycles. The molecule has 1 saturated heterocycles. The van der Waals surface area contributed by atoms with E-state index in [0.717, 1.165) is 23.9 Å². The van der Waals surface area contributed by atoms with E-state index in [9.17, 15) is 4.79 Å². The fourth-order valence-corrected chi connectivity index (χ4v) is 6.69. The highest BCUT2D eigenvalue weighted by Gasteiger charge is 2.22. The average molecular weight is 508 g/mol. The van der Waals surface area contributed by atoms with E-state index >= 15 is 0 Å². The van der Waals surface area contributed by atoms with Gasteiger partial charge in [0.15, 0.2) is 5.78 Å². The van der Waals surface area contributed by atoms with E-state index in [-0.39, 0.29) is 0 Å². The number of hydrogen-bond donors (Lipinski definition) is 0. The van der Waals surface area contributed by atoms with Crippen LogP contribution in [0.25, 0.3) is 0 Å². The van der Waals surface area contributed by atoms with Gasteiger partial charge in [0.2, 0.25) is 0 Å². The third-order valence-corrected chi connectivity index (χ3v) is 9.12. The Morgan fingerprint density at radius 3 is 1.97 bits per heavy atom. The molecule has 0 aromatic heterocycles. The lowest BCUT2D eigenvalue weighted by Gasteiger charge is -2.32. The van der Waals surface area contributed by atoms with Gasteiger partial charge in [0.25, 0.3) is 0 Å². The van der Waals surface area contributed by atoms with Crippen LogP contribution in [0.1, 0.15) is 84.8 Å². The van der Waals surface area contributed by atoms with Gasteiger partial charge in [0.05, 0.1) is 0 Å². The zero-order valence-electron chi connectivity index (χ0n) is 23.1. The van der Waals surface area contributed by atoms with Crippen molar-refractivity contribution in [2.75, 3.05) is 13.1 Å². The van der Waals surface area contributed by atoms with Crippen LogP contribution < -0.4 is 0 Å². The SMILES string of the molecule is O=C(CC1CCCC(Cc2ccccc2)CC1)c1ccc(CN2CCC(CCc3ccccc3)CC2)cc1. The van der Waals surface area contributed by atoms with Crippen LogP contribution in [0.2, 0.25) is 0 Å². The molecule has 2 fully saturated rings. The van der Waals surface area contributed by atoms with Crippen LogP contribution in [-0.4, -0.2) is 23.8 Å². The number of Topliss-reactive ketones (excluding diaryl/α,β-unsaturated/α-hetero) is 1. The fourth-order valence-electron chi connectivity index (χ4n) is 6.69. The monoisotopic (exact) mass is 507 g/mol. The molecule has 1 heterocycles. The van der Waals surface area contributed by atoms with Crippen LogP contribution in [0.15, 0.2) is 84.9 Å². The van der Waals surface area contributed by atoms with Crippen LogP contribution >= 0.6 is 0 Å². The molecular weight excluding hydrogens is 462 g/mol. The van der Waals surface area contributed by atoms with Crippen molar-refractivity contribution >= 4 is 5.78 Å². The first-order valence-electron chi connectivity index (χ1n) is 15.1. The topological polar surface area (TPSA) is 20.3 Å². The van der Waals surface area contributed by atoms with Gasteiger partial charge >= 0.3 is 0 Å². The summed E-state index contributed by atoms with van der Waals surface area (Å²) in [7, 11) is 0. The molecule has 3 aromatic rings. The molecule has 2 atom stereocenters. The molecule has 0 radical (unpaired) electrons. The van der Waals surface area contributed by atoms with E-state index in [1.54, 1.807) is 0 Å². The molecule has 1 saturated carbocycles. The van der Waals surface area contributed by atoms with Gasteiger partial charge in [-0.3, -0.25) is 9.69 Å². The van der Waals surface area contributed by atoms with Crippen LogP contribution in [0, 0.1) is 17.8 Å². The maximum absolute atomic E-state index is 13.1. The lowest BCUT2D eigenvalue weighted by molar-refractivity contribution is 0.0956. The normalized spacial score (nSPS) is 21.2. The summed E-state index contributed by atoms with van der Waals surface area (Å²) >= 11 is 0. The molecule has 2 nitrogen and oxygen atoms in total. The Labute approximate surface area is 230 Å². The van der Waals surface area contributed by atoms with Gasteiger partial charge in [-0.2, -0.15) is 0 Å². The predicted octanol–water partition coefficient (Wildman–Crippen LogP) is 8.54. The van der Waals surface area contributed by atoms with E-state index in [0.29, 0.717) is 18.1 Å². The number of ketones is 1. The first-order chi connectivity index (χ1) is 18.7. The van der Waals surface area contributed by atoms with E-state index in [1.165, 1.54) is 94.0 Å². The number of carbonyl (C=O) groups excluding carboxylic acids is 1. The molecule has 0 spiro atoms. The number of hydrogen-bond acceptors (Lipinski definition) is 2. The highest BCUT2D eigenvalue weighted by molar-refractivity contribution is 5.96. The molecule has 5 rings (SSSR count). The highest BCUT2D eigenvalue weighted by atomic mass is 16.1. The van der Waals surface area contributed by atoms with Crippen molar-refractivity contribution in [3.63, 3.8) is 0 Å². The largest absolute Gasteiger partial charge is 0.299 e. The molecule has 2 aliphatic rings. The molecule has 2 heteroatoms. The van der Waals surface area contributed by atoms with E-state index < -0.39 is 0 Å². The minimum absolute atomic E-state index is 0.335. The van der Waals surface area contributed by atoms with Gasteiger partial charge in [0.1, 0.15) is 0 Å². The number of benzene rings is 3. The summed E-state index contributed by atoms with van der Waals surface area (Å²) in [5, 5.41) is 0. The molecule has 1 aliphatic heterocycles. The molecule has 200 valence electrons. The first-order valence-corrected chi connectivity index (χ1v) is 15.1. The lowest BCUT2D eigenvalue weighted by Crippen LogP contribution is -2.33. The van der Waals surface area contributed by atoms with Crippen molar-refractivity contribution in [3.8, 4) is 0 Å². The molecule has 2 unspecified atom stereocenters. The van der Waals surface area contributed by atoms with E-state index in [4.69, 9.17) is 0 Å². The predicted molar refractivity (Wildman–Crippen MR) is 158 cm³/mol. The number of carbonyl (C=O) groups is 1. The van der Waals surface area contributed by atoms with Gasteiger partial charge in [-0.15, -0.1) is 0 Å². The van der Waals surface area contributed by atoms with Crippen LogP contribution in [0.3, 0.4) is 0 Å². The molecule has 0 N–H and O–H groups in total. The maximum Gasteiger partial charge on any atom is 0.163 e. The fraction of sp³-hybridized carbons (Fsp3) is 0.472.